The highest BCUT2D eigenvalue weighted by Crippen LogP contribution is 2.41. The molecular formula is C18H32N2S. The Hall–Kier alpha value is -0.410. The lowest BCUT2D eigenvalue weighted by molar-refractivity contribution is 0.258. The molecule has 1 aliphatic rings. The van der Waals surface area contributed by atoms with Crippen molar-refractivity contribution in [2.75, 3.05) is 6.54 Å². The minimum atomic E-state index is 0.538. The van der Waals surface area contributed by atoms with Gasteiger partial charge < -0.3 is 5.32 Å². The van der Waals surface area contributed by atoms with Gasteiger partial charge in [0.25, 0.3) is 0 Å². The van der Waals surface area contributed by atoms with Gasteiger partial charge in [0.1, 0.15) is 0 Å². The van der Waals surface area contributed by atoms with E-state index >= 15 is 0 Å². The summed E-state index contributed by atoms with van der Waals surface area (Å²) in [5.41, 5.74) is 1.34. The first-order valence-corrected chi connectivity index (χ1v) is 9.54. The lowest BCUT2D eigenvalue weighted by Gasteiger charge is -2.29. The lowest BCUT2D eigenvalue weighted by atomic mass is 9.77. The van der Waals surface area contributed by atoms with Crippen molar-refractivity contribution in [1.82, 2.24) is 10.3 Å². The maximum Gasteiger partial charge on any atom is 0.0962 e. The van der Waals surface area contributed by atoms with Crippen molar-refractivity contribution < 1.29 is 0 Å². The topological polar surface area (TPSA) is 24.9 Å². The van der Waals surface area contributed by atoms with Crippen molar-refractivity contribution in [3.8, 4) is 0 Å². The van der Waals surface area contributed by atoms with Gasteiger partial charge in [-0.25, -0.2) is 4.98 Å². The number of nitrogens with zero attached hydrogens (tertiary/aromatic N) is 1. The highest BCUT2D eigenvalue weighted by molar-refractivity contribution is 7.11. The van der Waals surface area contributed by atoms with Gasteiger partial charge in [-0.1, -0.05) is 34.6 Å². The third-order valence-electron chi connectivity index (χ3n) is 4.89. The fourth-order valence-corrected chi connectivity index (χ4v) is 4.77. The molecule has 3 heteroatoms. The minimum absolute atomic E-state index is 0.538. The van der Waals surface area contributed by atoms with Crippen LogP contribution in [0.5, 0.6) is 0 Å². The van der Waals surface area contributed by atoms with Gasteiger partial charge in [0.15, 0.2) is 0 Å². The monoisotopic (exact) mass is 308 g/mol. The third-order valence-corrected chi connectivity index (χ3v) is 6.12. The highest BCUT2D eigenvalue weighted by Gasteiger charge is 2.27. The number of nitrogens with one attached hydrogen (secondary N) is 1. The summed E-state index contributed by atoms with van der Waals surface area (Å²) in [6.07, 6.45) is 5.46. The molecule has 2 nitrogen and oxygen atoms in total. The van der Waals surface area contributed by atoms with Crippen LogP contribution in [0.3, 0.4) is 0 Å². The Kier molecular flexibility index (Phi) is 6.24. The largest absolute Gasteiger partial charge is 0.312 e. The van der Waals surface area contributed by atoms with Crippen molar-refractivity contribution >= 4 is 11.3 Å². The van der Waals surface area contributed by atoms with Crippen LogP contribution in [-0.2, 0) is 6.54 Å². The van der Waals surface area contributed by atoms with Crippen molar-refractivity contribution in [1.29, 1.82) is 0 Å². The molecule has 0 saturated heterocycles. The van der Waals surface area contributed by atoms with Crippen molar-refractivity contribution in [3.05, 3.63) is 15.6 Å². The lowest BCUT2D eigenvalue weighted by Crippen LogP contribution is -2.17. The molecule has 1 aromatic heterocycles. The number of thiazole rings is 1. The molecule has 1 N–H and O–H groups in total. The Morgan fingerprint density at radius 1 is 1.14 bits per heavy atom. The Bertz CT molecular complexity index is 428. The van der Waals surface area contributed by atoms with Crippen LogP contribution < -0.4 is 5.32 Å². The van der Waals surface area contributed by atoms with Crippen LogP contribution in [0.4, 0.5) is 0 Å². The number of aromatic nitrogens is 1. The summed E-state index contributed by atoms with van der Waals surface area (Å²) in [5.74, 6) is 3.04. The molecule has 1 fully saturated rings. The van der Waals surface area contributed by atoms with Crippen LogP contribution in [0.15, 0.2) is 0 Å². The molecule has 0 aromatic carbocycles. The number of rotatable bonds is 6. The molecule has 120 valence electrons. The number of hydrogen-bond acceptors (Lipinski definition) is 3. The van der Waals surface area contributed by atoms with E-state index in [0.29, 0.717) is 5.92 Å². The Morgan fingerprint density at radius 2 is 1.81 bits per heavy atom. The molecule has 0 bridgehead atoms. The average molecular weight is 309 g/mol. The highest BCUT2D eigenvalue weighted by atomic mass is 32.1. The molecule has 0 spiro atoms. The molecule has 0 radical (unpaired) electrons. The molecule has 0 unspecified atom stereocenters. The van der Waals surface area contributed by atoms with Gasteiger partial charge in [0, 0.05) is 17.3 Å². The normalized spacial score (nSPS) is 23.2. The van der Waals surface area contributed by atoms with Gasteiger partial charge >= 0.3 is 0 Å². The van der Waals surface area contributed by atoms with Crippen LogP contribution in [0.25, 0.3) is 0 Å². The van der Waals surface area contributed by atoms with E-state index in [1.165, 1.54) is 41.3 Å². The summed E-state index contributed by atoms with van der Waals surface area (Å²) in [7, 11) is 0. The van der Waals surface area contributed by atoms with E-state index < -0.39 is 0 Å². The zero-order chi connectivity index (χ0) is 15.4. The Labute approximate surface area is 134 Å². The van der Waals surface area contributed by atoms with Gasteiger partial charge in [-0.3, -0.25) is 0 Å². The summed E-state index contributed by atoms with van der Waals surface area (Å²) < 4.78 is 0. The maximum atomic E-state index is 5.03. The van der Waals surface area contributed by atoms with Gasteiger partial charge in [-0.2, -0.15) is 0 Å². The molecule has 0 atom stereocenters. The van der Waals surface area contributed by atoms with Gasteiger partial charge in [-0.05, 0) is 50.0 Å². The predicted octanol–water partition coefficient (Wildman–Crippen LogP) is 5.31. The molecule has 1 aliphatic carbocycles. The van der Waals surface area contributed by atoms with Crippen LogP contribution in [-0.4, -0.2) is 11.5 Å². The number of hydrogen-bond donors (Lipinski definition) is 1. The Morgan fingerprint density at radius 3 is 2.33 bits per heavy atom. The van der Waals surface area contributed by atoms with Gasteiger partial charge in [0.05, 0.1) is 10.7 Å². The van der Waals surface area contributed by atoms with Gasteiger partial charge in [-0.15, -0.1) is 11.3 Å². The summed E-state index contributed by atoms with van der Waals surface area (Å²) in [4.78, 5) is 6.50. The molecule has 1 aromatic rings. The molecule has 21 heavy (non-hydrogen) atoms. The minimum Gasteiger partial charge on any atom is -0.312 e. The SMILES string of the molecule is CCNCc1sc(C2CCC(C(C)C)CC2)nc1C(C)C. The van der Waals surface area contributed by atoms with E-state index in [1.54, 1.807) is 0 Å². The van der Waals surface area contributed by atoms with Crippen LogP contribution in [0.1, 0.15) is 87.7 Å². The summed E-state index contributed by atoms with van der Waals surface area (Å²) >= 11 is 1.97. The molecular weight excluding hydrogens is 276 g/mol. The summed E-state index contributed by atoms with van der Waals surface area (Å²) in [6, 6.07) is 0. The van der Waals surface area contributed by atoms with E-state index in [4.69, 9.17) is 4.98 Å². The Balaban J connectivity index is 2.06. The van der Waals surface area contributed by atoms with Crippen LogP contribution in [0.2, 0.25) is 0 Å². The average Bonchev–Trinajstić information content (AvgIpc) is 2.89. The maximum absolute atomic E-state index is 5.03. The van der Waals surface area contributed by atoms with Crippen molar-refractivity contribution in [2.45, 2.75) is 78.7 Å². The summed E-state index contributed by atoms with van der Waals surface area (Å²) in [5, 5.41) is 4.88. The molecule has 2 rings (SSSR count). The van der Waals surface area contributed by atoms with E-state index in [0.717, 1.165) is 30.8 Å². The predicted molar refractivity (Wildman–Crippen MR) is 93.1 cm³/mol. The van der Waals surface area contributed by atoms with Crippen LogP contribution >= 0.6 is 11.3 Å². The standard InChI is InChI=1S/C18H32N2S/c1-6-19-11-16-17(13(4)5)20-18(21-16)15-9-7-14(8-10-15)12(2)3/h12-15,19H,6-11H2,1-5H3. The molecule has 0 amide bonds. The zero-order valence-electron chi connectivity index (χ0n) is 14.4. The first kappa shape index (κ1) is 17.0. The second-order valence-electron chi connectivity index (χ2n) is 7.15. The second-order valence-corrected chi connectivity index (χ2v) is 8.27. The fourth-order valence-electron chi connectivity index (χ4n) is 3.41. The van der Waals surface area contributed by atoms with Crippen molar-refractivity contribution in [2.24, 2.45) is 11.8 Å². The summed E-state index contributed by atoms with van der Waals surface area (Å²) in [6.45, 7) is 13.5. The first-order valence-electron chi connectivity index (χ1n) is 8.73. The van der Waals surface area contributed by atoms with E-state index in [-0.39, 0.29) is 0 Å². The molecule has 1 saturated carbocycles. The quantitative estimate of drug-likeness (QED) is 0.770. The van der Waals surface area contributed by atoms with Gasteiger partial charge in [0.2, 0.25) is 0 Å². The smallest absolute Gasteiger partial charge is 0.0962 e. The fraction of sp³-hybridized carbons (Fsp3) is 0.833. The van der Waals surface area contributed by atoms with Crippen molar-refractivity contribution in [3.63, 3.8) is 0 Å². The first-order chi connectivity index (χ1) is 10.0. The van der Waals surface area contributed by atoms with E-state index in [2.05, 4.69) is 39.9 Å². The van der Waals surface area contributed by atoms with Crippen LogP contribution in [0, 0.1) is 11.8 Å². The zero-order valence-corrected chi connectivity index (χ0v) is 15.2. The third kappa shape index (κ3) is 4.29. The van der Waals surface area contributed by atoms with E-state index in [9.17, 15) is 0 Å². The second kappa shape index (κ2) is 7.73. The molecule has 0 aliphatic heterocycles. The van der Waals surface area contributed by atoms with E-state index in [1.807, 2.05) is 11.3 Å². The molecule has 1 heterocycles.